The third-order valence-corrected chi connectivity index (χ3v) is 4.19. The van der Waals surface area contributed by atoms with Gasteiger partial charge in [-0.3, -0.25) is 0 Å². The molecular weight excluding hydrogens is 274 g/mol. The first kappa shape index (κ1) is 16.9. The first-order valence-corrected chi connectivity index (χ1v) is 8.83. The van der Waals surface area contributed by atoms with E-state index in [4.69, 9.17) is 11.6 Å². The largest absolute Gasteiger partial charge is 0.316 e. The normalized spacial score (nSPS) is 12.9. The molecule has 0 spiro atoms. The average Bonchev–Trinajstić information content (AvgIpc) is 2.37. The first-order chi connectivity index (χ1) is 9.13. The Morgan fingerprint density at radius 2 is 1.95 bits per heavy atom. The molecule has 1 N–H and O–H groups in total. The summed E-state index contributed by atoms with van der Waals surface area (Å²) in [6, 6.07) is 8.22. The molecule has 1 atom stereocenters. The van der Waals surface area contributed by atoms with E-state index >= 15 is 0 Å². The number of nitrogens with one attached hydrogen (secondary N) is 1. The van der Waals surface area contributed by atoms with Crippen LogP contribution < -0.4 is 5.32 Å². The zero-order valence-corrected chi connectivity index (χ0v) is 13.9. The average molecular weight is 300 g/mol. The Labute approximate surface area is 127 Å². The highest BCUT2D eigenvalue weighted by Gasteiger charge is 2.11. The van der Waals surface area contributed by atoms with Crippen LogP contribution in [0, 0.1) is 11.8 Å². The summed E-state index contributed by atoms with van der Waals surface area (Å²) in [6.45, 7) is 6.68. The highest BCUT2D eigenvalue weighted by Crippen LogP contribution is 2.21. The van der Waals surface area contributed by atoms with Gasteiger partial charge >= 0.3 is 0 Å². The van der Waals surface area contributed by atoms with Crippen molar-refractivity contribution in [1.82, 2.24) is 5.32 Å². The minimum Gasteiger partial charge on any atom is -0.316 e. The highest BCUT2D eigenvalue weighted by molar-refractivity contribution is 7.98. The lowest BCUT2D eigenvalue weighted by Crippen LogP contribution is -2.28. The molecule has 0 heterocycles. The summed E-state index contributed by atoms with van der Waals surface area (Å²) in [6.07, 6.45) is 4.50. The number of benzene rings is 1. The second-order valence-corrected chi connectivity index (χ2v) is 6.89. The Morgan fingerprint density at radius 3 is 2.58 bits per heavy atom. The lowest BCUT2D eigenvalue weighted by molar-refractivity contribution is 0.440. The first-order valence-electron chi connectivity index (χ1n) is 7.06. The van der Waals surface area contributed by atoms with Gasteiger partial charge in [-0.25, -0.2) is 0 Å². The summed E-state index contributed by atoms with van der Waals surface area (Å²) in [5.41, 5.74) is 1.28. The fourth-order valence-corrected chi connectivity index (χ4v) is 2.89. The van der Waals surface area contributed by atoms with Gasteiger partial charge in [0.1, 0.15) is 0 Å². The number of hydrogen-bond acceptors (Lipinski definition) is 2. The van der Waals surface area contributed by atoms with Crippen LogP contribution in [0.2, 0.25) is 5.02 Å². The third-order valence-electron chi connectivity index (χ3n) is 3.18. The molecule has 1 unspecified atom stereocenters. The van der Waals surface area contributed by atoms with Crippen molar-refractivity contribution in [3.05, 3.63) is 34.9 Å². The lowest BCUT2D eigenvalue weighted by Gasteiger charge is -2.19. The predicted octanol–water partition coefficient (Wildman–Crippen LogP) is 4.50. The van der Waals surface area contributed by atoms with E-state index in [1.165, 1.54) is 17.7 Å². The third kappa shape index (κ3) is 7.24. The molecule has 3 heteroatoms. The van der Waals surface area contributed by atoms with Gasteiger partial charge < -0.3 is 5.32 Å². The van der Waals surface area contributed by atoms with Gasteiger partial charge in [0.25, 0.3) is 0 Å². The molecule has 0 saturated carbocycles. The van der Waals surface area contributed by atoms with E-state index in [1.807, 2.05) is 23.9 Å². The van der Waals surface area contributed by atoms with Gasteiger partial charge in [0, 0.05) is 5.02 Å². The molecule has 108 valence electrons. The number of hydrogen-bond donors (Lipinski definition) is 1. The van der Waals surface area contributed by atoms with E-state index in [0.29, 0.717) is 11.8 Å². The maximum Gasteiger partial charge on any atom is 0.0438 e. The van der Waals surface area contributed by atoms with Crippen molar-refractivity contribution in [1.29, 1.82) is 0 Å². The van der Waals surface area contributed by atoms with E-state index in [9.17, 15) is 0 Å². The maximum absolute atomic E-state index is 6.26. The van der Waals surface area contributed by atoms with Crippen molar-refractivity contribution >= 4 is 23.4 Å². The molecule has 19 heavy (non-hydrogen) atoms. The van der Waals surface area contributed by atoms with Crippen LogP contribution in [0.1, 0.15) is 25.8 Å². The fourth-order valence-electron chi connectivity index (χ4n) is 2.11. The van der Waals surface area contributed by atoms with Crippen molar-refractivity contribution in [2.45, 2.75) is 26.7 Å². The zero-order chi connectivity index (χ0) is 14.1. The number of thioether (sulfide) groups is 1. The van der Waals surface area contributed by atoms with Gasteiger partial charge in [-0.15, -0.1) is 0 Å². The maximum atomic E-state index is 6.26. The van der Waals surface area contributed by atoms with Gasteiger partial charge in [-0.2, -0.15) is 11.8 Å². The van der Waals surface area contributed by atoms with Gasteiger partial charge in [-0.1, -0.05) is 43.6 Å². The summed E-state index contributed by atoms with van der Waals surface area (Å²) in [5, 5.41) is 4.48. The number of rotatable bonds is 9. The Bertz CT molecular complexity index is 354. The summed E-state index contributed by atoms with van der Waals surface area (Å²) < 4.78 is 0. The Morgan fingerprint density at radius 1 is 1.21 bits per heavy atom. The van der Waals surface area contributed by atoms with Crippen LogP contribution in [0.4, 0.5) is 0 Å². The van der Waals surface area contributed by atoms with Crippen molar-refractivity contribution in [2.75, 3.05) is 25.1 Å². The molecule has 0 saturated heterocycles. The van der Waals surface area contributed by atoms with Gasteiger partial charge in [0.15, 0.2) is 0 Å². The van der Waals surface area contributed by atoms with Crippen molar-refractivity contribution in [3.8, 4) is 0 Å². The molecule has 0 radical (unpaired) electrons. The summed E-state index contributed by atoms with van der Waals surface area (Å²) in [4.78, 5) is 0. The number of halogens is 1. The zero-order valence-electron chi connectivity index (χ0n) is 12.3. The SMILES string of the molecule is CSCCC(CNCC(C)C)Cc1ccccc1Cl. The quantitative estimate of drug-likeness (QED) is 0.720. The van der Waals surface area contributed by atoms with Gasteiger partial charge in [-0.05, 0) is 61.4 Å². The summed E-state index contributed by atoms with van der Waals surface area (Å²) in [7, 11) is 0. The van der Waals surface area contributed by atoms with Crippen molar-refractivity contribution in [3.63, 3.8) is 0 Å². The van der Waals surface area contributed by atoms with E-state index < -0.39 is 0 Å². The van der Waals surface area contributed by atoms with E-state index in [1.54, 1.807) is 0 Å². The summed E-state index contributed by atoms with van der Waals surface area (Å²) >= 11 is 8.18. The second kappa shape index (κ2) is 9.68. The smallest absolute Gasteiger partial charge is 0.0438 e. The van der Waals surface area contributed by atoms with Crippen molar-refractivity contribution < 1.29 is 0 Å². The molecule has 1 aromatic rings. The Hall–Kier alpha value is -0.180. The molecule has 0 aromatic heterocycles. The molecule has 0 fully saturated rings. The molecule has 0 bridgehead atoms. The van der Waals surface area contributed by atoms with Crippen LogP contribution in [0.3, 0.4) is 0 Å². The molecule has 0 aliphatic rings. The topological polar surface area (TPSA) is 12.0 Å². The standard InChI is InChI=1S/C16H26ClNS/c1-13(2)11-18-12-14(8-9-19-3)10-15-6-4-5-7-16(15)17/h4-7,13-14,18H,8-12H2,1-3H3. The fraction of sp³-hybridized carbons (Fsp3) is 0.625. The molecule has 0 aliphatic heterocycles. The van der Waals surface area contributed by atoms with Crippen LogP contribution >= 0.6 is 23.4 Å². The van der Waals surface area contributed by atoms with Crippen LogP contribution in [-0.4, -0.2) is 25.1 Å². The predicted molar refractivity (Wildman–Crippen MR) is 89.4 cm³/mol. The van der Waals surface area contributed by atoms with E-state index in [-0.39, 0.29) is 0 Å². The molecule has 1 aromatic carbocycles. The highest BCUT2D eigenvalue weighted by atomic mass is 35.5. The second-order valence-electron chi connectivity index (χ2n) is 5.50. The van der Waals surface area contributed by atoms with Crippen molar-refractivity contribution in [2.24, 2.45) is 11.8 Å². The van der Waals surface area contributed by atoms with Crippen LogP contribution in [0.15, 0.2) is 24.3 Å². The molecule has 1 rings (SSSR count). The van der Waals surface area contributed by atoms with Gasteiger partial charge in [0.2, 0.25) is 0 Å². The summed E-state index contributed by atoms with van der Waals surface area (Å²) in [5.74, 6) is 2.60. The minimum atomic E-state index is 0.672. The minimum absolute atomic E-state index is 0.672. The lowest BCUT2D eigenvalue weighted by atomic mass is 9.96. The van der Waals surface area contributed by atoms with E-state index in [0.717, 1.165) is 24.5 Å². The molecule has 0 aliphatic carbocycles. The Kier molecular flexibility index (Phi) is 8.60. The van der Waals surface area contributed by atoms with Crippen LogP contribution in [0.25, 0.3) is 0 Å². The molecular formula is C16H26ClNS. The molecule has 1 nitrogen and oxygen atoms in total. The Balaban J connectivity index is 2.51. The van der Waals surface area contributed by atoms with E-state index in [2.05, 4.69) is 37.6 Å². The van der Waals surface area contributed by atoms with Gasteiger partial charge in [0.05, 0.1) is 0 Å². The van der Waals surface area contributed by atoms with Crippen LogP contribution in [-0.2, 0) is 6.42 Å². The molecule has 0 amide bonds. The van der Waals surface area contributed by atoms with Crippen LogP contribution in [0.5, 0.6) is 0 Å². The monoisotopic (exact) mass is 299 g/mol.